The zero-order chi connectivity index (χ0) is 15.7. The number of amides is 2. The highest BCUT2D eigenvalue weighted by atomic mass is 35.5. The van der Waals surface area contributed by atoms with Crippen molar-refractivity contribution in [2.45, 2.75) is 13.3 Å². The molecule has 0 saturated carbocycles. The molecule has 1 saturated heterocycles. The highest BCUT2D eigenvalue weighted by molar-refractivity contribution is 7.15. The van der Waals surface area contributed by atoms with Crippen molar-refractivity contribution in [1.82, 2.24) is 10.2 Å². The first-order valence-electron chi connectivity index (χ1n) is 6.70. The fraction of sp³-hybridized carbons (Fsp3) is 0.286. The molecule has 114 valence electrons. The molecule has 1 aromatic heterocycles. The van der Waals surface area contributed by atoms with E-state index in [9.17, 15) is 9.59 Å². The fourth-order valence-electron chi connectivity index (χ4n) is 2.31. The number of nitrogens with one attached hydrogen (secondary N) is 1. The monoisotopic (exact) mass is 336 g/mol. The summed E-state index contributed by atoms with van der Waals surface area (Å²) in [4.78, 5) is 26.0. The van der Waals surface area contributed by atoms with Crippen LogP contribution in [0.15, 0.2) is 24.3 Å². The van der Waals surface area contributed by atoms with Crippen LogP contribution in [0, 0.1) is 12.8 Å². The van der Waals surface area contributed by atoms with Gasteiger partial charge in [-0.3, -0.25) is 9.59 Å². The number of benzene rings is 1. The van der Waals surface area contributed by atoms with Gasteiger partial charge in [-0.15, -0.1) is 10.2 Å². The van der Waals surface area contributed by atoms with Crippen LogP contribution in [0.5, 0.6) is 0 Å². The zero-order valence-electron chi connectivity index (χ0n) is 11.7. The summed E-state index contributed by atoms with van der Waals surface area (Å²) < 4.78 is 0. The second-order valence-corrected chi connectivity index (χ2v) is 6.62. The van der Waals surface area contributed by atoms with Crippen LogP contribution in [0.4, 0.5) is 10.8 Å². The molecule has 2 aromatic rings. The van der Waals surface area contributed by atoms with Gasteiger partial charge in [-0.2, -0.15) is 0 Å². The van der Waals surface area contributed by atoms with Crippen molar-refractivity contribution in [2.24, 2.45) is 5.92 Å². The summed E-state index contributed by atoms with van der Waals surface area (Å²) in [6.07, 6.45) is 0.187. The minimum Gasteiger partial charge on any atom is -0.312 e. The number of aryl methyl sites for hydroxylation is 1. The zero-order valence-corrected chi connectivity index (χ0v) is 13.3. The largest absolute Gasteiger partial charge is 0.312 e. The van der Waals surface area contributed by atoms with Crippen molar-refractivity contribution in [3.63, 3.8) is 0 Å². The van der Waals surface area contributed by atoms with E-state index >= 15 is 0 Å². The molecule has 3 rings (SSSR count). The minimum atomic E-state index is -0.396. The van der Waals surface area contributed by atoms with Gasteiger partial charge in [0, 0.05) is 23.7 Å². The van der Waals surface area contributed by atoms with Crippen LogP contribution < -0.4 is 10.2 Å². The van der Waals surface area contributed by atoms with E-state index in [1.54, 1.807) is 29.2 Å². The first kappa shape index (κ1) is 14.9. The predicted octanol–water partition coefficient (Wildman–Crippen LogP) is 2.49. The standard InChI is InChI=1S/C14H13ClN4O2S/c1-8-17-18-14(22-8)16-13(21)9-6-12(20)19(7-9)11-4-2-10(15)3-5-11/h2-5,9H,6-7H2,1H3,(H,16,18,21)/t9-/m1/s1. The third kappa shape index (κ3) is 3.10. The van der Waals surface area contributed by atoms with E-state index in [1.807, 2.05) is 6.92 Å². The van der Waals surface area contributed by atoms with E-state index in [0.717, 1.165) is 10.7 Å². The maximum Gasteiger partial charge on any atom is 0.231 e. The number of carbonyl (C=O) groups excluding carboxylic acids is 2. The molecule has 2 heterocycles. The lowest BCUT2D eigenvalue weighted by Crippen LogP contribution is -2.28. The van der Waals surface area contributed by atoms with Crippen molar-refractivity contribution in [3.8, 4) is 0 Å². The lowest BCUT2D eigenvalue weighted by Gasteiger charge is -2.16. The lowest BCUT2D eigenvalue weighted by atomic mass is 10.1. The van der Waals surface area contributed by atoms with Crippen LogP contribution in [0.1, 0.15) is 11.4 Å². The molecule has 0 aliphatic carbocycles. The van der Waals surface area contributed by atoms with Crippen LogP contribution in [0.2, 0.25) is 5.02 Å². The highest BCUT2D eigenvalue weighted by Crippen LogP contribution is 2.27. The molecular weight excluding hydrogens is 324 g/mol. The summed E-state index contributed by atoms with van der Waals surface area (Å²) in [5, 5.41) is 12.3. The van der Waals surface area contributed by atoms with Crippen molar-refractivity contribution < 1.29 is 9.59 Å². The maximum atomic E-state index is 12.2. The Bertz CT molecular complexity index is 716. The van der Waals surface area contributed by atoms with Crippen LogP contribution in [0.25, 0.3) is 0 Å². The van der Waals surface area contributed by atoms with Gasteiger partial charge in [-0.1, -0.05) is 22.9 Å². The maximum absolute atomic E-state index is 12.2. The van der Waals surface area contributed by atoms with Crippen molar-refractivity contribution in [1.29, 1.82) is 0 Å². The molecule has 2 amide bonds. The summed E-state index contributed by atoms with van der Waals surface area (Å²) in [6.45, 7) is 2.17. The Labute approximate surface area is 136 Å². The molecular formula is C14H13ClN4O2S. The molecule has 0 radical (unpaired) electrons. The van der Waals surface area contributed by atoms with E-state index in [0.29, 0.717) is 16.7 Å². The van der Waals surface area contributed by atoms with Crippen LogP contribution >= 0.6 is 22.9 Å². The molecule has 1 atom stereocenters. The summed E-state index contributed by atoms with van der Waals surface area (Å²) in [5.41, 5.74) is 0.747. The Morgan fingerprint density at radius 3 is 2.73 bits per heavy atom. The van der Waals surface area contributed by atoms with E-state index in [1.165, 1.54) is 11.3 Å². The first-order valence-corrected chi connectivity index (χ1v) is 7.89. The molecule has 0 unspecified atom stereocenters. The first-order chi connectivity index (χ1) is 10.5. The Balaban J connectivity index is 1.68. The summed E-state index contributed by atoms with van der Waals surface area (Å²) in [6, 6.07) is 6.99. The number of halogens is 1. The molecule has 1 aliphatic rings. The van der Waals surface area contributed by atoms with Gasteiger partial charge >= 0.3 is 0 Å². The smallest absolute Gasteiger partial charge is 0.231 e. The van der Waals surface area contributed by atoms with E-state index in [4.69, 9.17) is 11.6 Å². The fourth-order valence-corrected chi connectivity index (χ4v) is 3.03. The number of hydrogen-bond donors (Lipinski definition) is 1. The number of anilines is 2. The molecule has 0 spiro atoms. The molecule has 1 fully saturated rings. The van der Waals surface area contributed by atoms with Gasteiger partial charge in [-0.25, -0.2) is 0 Å². The van der Waals surface area contributed by atoms with Gasteiger partial charge < -0.3 is 10.2 Å². The third-order valence-corrected chi connectivity index (χ3v) is 4.40. The van der Waals surface area contributed by atoms with Crippen LogP contribution in [-0.2, 0) is 9.59 Å². The third-order valence-electron chi connectivity index (χ3n) is 3.39. The Hall–Kier alpha value is -1.99. The lowest BCUT2D eigenvalue weighted by molar-refractivity contribution is -0.122. The molecule has 0 bridgehead atoms. The van der Waals surface area contributed by atoms with Crippen LogP contribution in [-0.4, -0.2) is 28.6 Å². The number of aromatic nitrogens is 2. The van der Waals surface area contributed by atoms with E-state index < -0.39 is 5.92 Å². The normalized spacial score (nSPS) is 17.8. The van der Waals surface area contributed by atoms with Crippen molar-refractivity contribution in [2.75, 3.05) is 16.8 Å². The molecule has 1 N–H and O–H groups in total. The van der Waals surface area contributed by atoms with Crippen molar-refractivity contribution >= 4 is 45.6 Å². The Morgan fingerprint density at radius 2 is 2.09 bits per heavy atom. The number of rotatable bonds is 3. The van der Waals surface area contributed by atoms with Gasteiger partial charge in [-0.05, 0) is 31.2 Å². The van der Waals surface area contributed by atoms with Crippen LogP contribution in [0.3, 0.4) is 0 Å². The highest BCUT2D eigenvalue weighted by Gasteiger charge is 2.35. The Kier molecular flexibility index (Phi) is 4.08. The second kappa shape index (κ2) is 6.02. The number of carbonyl (C=O) groups is 2. The van der Waals surface area contributed by atoms with E-state index in [-0.39, 0.29) is 18.2 Å². The minimum absolute atomic E-state index is 0.0732. The average molecular weight is 337 g/mol. The number of nitrogens with zero attached hydrogens (tertiary/aromatic N) is 3. The molecule has 22 heavy (non-hydrogen) atoms. The predicted molar refractivity (Wildman–Crippen MR) is 85.2 cm³/mol. The van der Waals surface area contributed by atoms with Crippen molar-refractivity contribution in [3.05, 3.63) is 34.3 Å². The molecule has 1 aromatic carbocycles. The Morgan fingerprint density at radius 1 is 1.36 bits per heavy atom. The van der Waals surface area contributed by atoms with Gasteiger partial charge in [0.15, 0.2) is 0 Å². The molecule has 1 aliphatic heterocycles. The van der Waals surface area contributed by atoms with Gasteiger partial charge in [0.25, 0.3) is 0 Å². The van der Waals surface area contributed by atoms with Gasteiger partial charge in [0.05, 0.1) is 5.92 Å². The summed E-state index contributed by atoms with van der Waals surface area (Å²) >= 11 is 7.15. The average Bonchev–Trinajstić information content (AvgIpc) is 3.06. The topological polar surface area (TPSA) is 75.2 Å². The summed E-state index contributed by atoms with van der Waals surface area (Å²) in [5.74, 6) is -0.677. The van der Waals surface area contributed by atoms with Gasteiger partial charge in [0.1, 0.15) is 5.01 Å². The number of hydrogen-bond acceptors (Lipinski definition) is 5. The van der Waals surface area contributed by atoms with Gasteiger partial charge in [0.2, 0.25) is 16.9 Å². The van der Waals surface area contributed by atoms with E-state index in [2.05, 4.69) is 15.5 Å². The SMILES string of the molecule is Cc1nnc(NC(=O)[C@@H]2CC(=O)N(c3ccc(Cl)cc3)C2)s1. The molecule has 6 nitrogen and oxygen atoms in total. The molecule has 8 heteroatoms. The summed E-state index contributed by atoms with van der Waals surface area (Å²) in [7, 11) is 0. The quantitative estimate of drug-likeness (QED) is 0.934. The second-order valence-electron chi connectivity index (χ2n) is 5.00.